The Labute approximate surface area is 109 Å². The van der Waals surface area contributed by atoms with Gasteiger partial charge in [0.1, 0.15) is 5.75 Å². The first-order valence-electron chi connectivity index (χ1n) is 5.98. The number of nitrogens with two attached hydrogens (primary N) is 1. The molecule has 0 saturated heterocycles. The van der Waals surface area contributed by atoms with E-state index in [1.54, 1.807) is 0 Å². The van der Waals surface area contributed by atoms with Crippen molar-refractivity contribution in [3.05, 3.63) is 27.7 Å². The van der Waals surface area contributed by atoms with E-state index in [4.69, 9.17) is 10.5 Å². The van der Waals surface area contributed by atoms with Crippen LogP contribution in [0.15, 0.2) is 16.6 Å². The highest BCUT2D eigenvalue weighted by atomic mass is 79.9. The Morgan fingerprint density at radius 1 is 1.47 bits per heavy atom. The third-order valence-corrected chi connectivity index (χ3v) is 4.09. The number of aliphatic hydroxyl groups is 1. The van der Waals surface area contributed by atoms with Gasteiger partial charge in [0.15, 0.2) is 0 Å². The molecule has 1 heterocycles. The van der Waals surface area contributed by atoms with Crippen LogP contribution in [0.2, 0.25) is 0 Å². The Bertz CT molecular complexity index is 455. The number of ether oxygens (including phenoxy) is 1. The molecule has 1 fully saturated rings. The highest BCUT2D eigenvalue weighted by molar-refractivity contribution is 9.10. The van der Waals surface area contributed by atoms with Crippen LogP contribution in [-0.2, 0) is 12.8 Å². The van der Waals surface area contributed by atoms with E-state index in [1.807, 2.05) is 6.07 Å². The van der Waals surface area contributed by atoms with Gasteiger partial charge in [-0.25, -0.2) is 0 Å². The van der Waals surface area contributed by atoms with E-state index in [9.17, 15) is 5.11 Å². The molecule has 3 nitrogen and oxygen atoms in total. The Hall–Kier alpha value is -0.580. The minimum absolute atomic E-state index is 0.154. The predicted molar refractivity (Wildman–Crippen MR) is 69.2 cm³/mol. The number of halogens is 1. The summed E-state index contributed by atoms with van der Waals surface area (Å²) in [6, 6.07) is 4.30. The third kappa shape index (κ3) is 2.09. The van der Waals surface area contributed by atoms with E-state index in [-0.39, 0.29) is 6.04 Å². The Kier molecular flexibility index (Phi) is 2.69. The standard InChI is InChI=1S/C13H16BrNO2/c14-10-3-8-1-2-17-12(8)9(4-10)5-13(16)6-11(15)7-13/h3-4,11,16H,1-2,5-7,15H2. The van der Waals surface area contributed by atoms with Crippen molar-refractivity contribution in [3.8, 4) is 5.75 Å². The minimum Gasteiger partial charge on any atom is -0.493 e. The highest BCUT2D eigenvalue weighted by Crippen LogP contribution is 2.40. The lowest BCUT2D eigenvalue weighted by atomic mass is 9.72. The van der Waals surface area contributed by atoms with Crippen molar-refractivity contribution in [2.75, 3.05) is 6.61 Å². The zero-order chi connectivity index (χ0) is 12.0. The van der Waals surface area contributed by atoms with Crippen LogP contribution in [0, 0.1) is 0 Å². The maximum atomic E-state index is 10.3. The highest BCUT2D eigenvalue weighted by Gasteiger charge is 2.41. The molecule has 0 atom stereocenters. The molecule has 92 valence electrons. The second-order valence-electron chi connectivity index (χ2n) is 5.22. The molecule has 17 heavy (non-hydrogen) atoms. The largest absolute Gasteiger partial charge is 0.493 e. The number of hydrogen-bond acceptors (Lipinski definition) is 3. The second kappa shape index (κ2) is 3.97. The fourth-order valence-electron chi connectivity index (χ4n) is 2.89. The monoisotopic (exact) mass is 297 g/mol. The molecular formula is C13H16BrNO2. The van der Waals surface area contributed by atoms with Crippen LogP contribution in [0.5, 0.6) is 5.75 Å². The molecule has 1 aromatic carbocycles. The summed E-state index contributed by atoms with van der Waals surface area (Å²) in [5.74, 6) is 0.974. The Morgan fingerprint density at radius 3 is 2.94 bits per heavy atom. The second-order valence-corrected chi connectivity index (χ2v) is 6.14. The van der Waals surface area contributed by atoms with Crippen molar-refractivity contribution in [2.24, 2.45) is 5.73 Å². The molecule has 0 unspecified atom stereocenters. The van der Waals surface area contributed by atoms with E-state index in [1.165, 1.54) is 5.56 Å². The topological polar surface area (TPSA) is 55.5 Å². The lowest BCUT2D eigenvalue weighted by Crippen LogP contribution is -2.52. The zero-order valence-electron chi connectivity index (χ0n) is 9.58. The van der Waals surface area contributed by atoms with Crippen molar-refractivity contribution in [2.45, 2.75) is 37.3 Å². The maximum Gasteiger partial charge on any atom is 0.125 e. The van der Waals surface area contributed by atoms with Crippen LogP contribution in [-0.4, -0.2) is 23.4 Å². The fraction of sp³-hybridized carbons (Fsp3) is 0.538. The summed E-state index contributed by atoms with van der Waals surface area (Å²) >= 11 is 3.51. The number of rotatable bonds is 2. The van der Waals surface area contributed by atoms with Crippen LogP contribution in [0.25, 0.3) is 0 Å². The Morgan fingerprint density at radius 2 is 2.24 bits per heavy atom. The van der Waals surface area contributed by atoms with Crippen LogP contribution >= 0.6 is 15.9 Å². The zero-order valence-corrected chi connectivity index (χ0v) is 11.2. The van der Waals surface area contributed by atoms with Crippen molar-refractivity contribution in [1.29, 1.82) is 0 Å². The van der Waals surface area contributed by atoms with E-state index >= 15 is 0 Å². The summed E-state index contributed by atoms with van der Waals surface area (Å²) in [6.07, 6.45) is 2.98. The molecule has 0 bridgehead atoms. The van der Waals surface area contributed by atoms with Gasteiger partial charge >= 0.3 is 0 Å². The van der Waals surface area contributed by atoms with Crippen molar-refractivity contribution < 1.29 is 9.84 Å². The fourth-order valence-corrected chi connectivity index (χ4v) is 3.45. The molecule has 0 radical (unpaired) electrons. The number of hydrogen-bond donors (Lipinski definition) is 2. The van der Waals surface area contributed by atoms with Gasteiger partial charge in [0.25, 0.3) is 0 Å². The van der Waals surface area contributed by atoms with E-state index < -0.39 is 5.60 Å². The van der Waals surface area contributed by atoms with Gasteiger partial charge in [-0.2, -0.15) is 0 Å². The van der Waals surface area contributed by atoms with Gasteiger partial charge in [0.2, 0.25) is 0 Å². The molecule has 0 spiro atoms. The van der Waals surface area contributed by atoms with E-state index in [0.717, 1.165) is 28.8 Å². The minimum atomic E-state index is -0.625. The summed E-state index contributed by atoms with van der Waals surface area (Å²) in [6.45, 7) is 0.747. The van der Waals surface area contributed by atoms with Crippen molar-refractivity contribution in [1.82, 2.24) is 0 Å². The van der Waals surface area contributed by atoms with Crippen molar-refractivity contribution >= 4 is 15.9 Å². The first-order chi connectivity index (χ1) is 8.06. The maximum absolute atomic E-state index is 10.3. The van der Waals surface area contributed by atoms with Crippen LogP contribution in [0.3, 0.4) is 0 Å². The first kappa shape index (κ1) is 11.5. The van der Waals surface area contributed by atoms with Crippen LogP contribution in [0.1, 0.15) is 24.0 Å². The molecule has 2 aliphatic rings. The van der Waals surface area contributed by atoms with E-state index in [0.29, 0.717) is 19.3 Å². The summed E-state index contributed by atoms with van der Waals surface area (Å²) in [7, 11) is 0. The molecular weight excluding hydrogens is 282 g/mol. The van der Waals surface area contributed by atoms with Gasteiger partial charge < -0.3 is 15.6 Å². The van der Waals surface area contributed by atoms with Gasteiger partial charge in [-0.1, -0.05) is 15.9 Å². The SMILES string of the molecule is NC1CC(O)(Cc2cc(Br)cc3c2OCC3)C1. The number of fused-ring (bicyclic) bond motifs is 1. The summed E-state index contributed by atoms with van der Waals surface area (Å²) in [4.78, 5) is 0. The average Bonchev–Trinajstić information content (AvgIpc) is 2.62. The van der Waals surface area contributed by atoms with Gasteiger partial charge in [-0.15, -0.1) is 0 Å². The third-order valence-electron chi connectivity index (χ3n) is 3.63. The molecule has 3 rings (SSSR count). The van der Waals surface area contributed by atoms with Gasteiger partial charge in [-0.05, 0) is 36.1 Å². The van der Waals surface area contributed by atoms with E-state index in [2.05, 4.69) is 22.0 Å². The van der Waals surface area contributed by atoms with Crippen LogP contribution < -0.4 is 10.5 Å². The smallest absolute Gasteiger partial charge is 0.125 e. The number of benzene rings is 1. The molecule has 1 aliphatic heterocycles. The molecule has 1 aliphatic carbocycles. The van der Waals surface area contributed by atoms with Gasteiger partial charge in [0.05, 0.1) is 12.2 Å². The summed E-state index contributed by atoms with van der Waals surface area (Å²) in [5.41, 5.74) is 7.46. The normalized spacial score (nSPS) is 30.6. The van der Waals surface area contributed by atoms with Gasteiger partial charge in [0, 0.05) is 23.4 Å². The molecule has 0 aromatic heterocycles. The lowest BCUT2D eigenvalue weighted by Gasteiger charge is -2.42. The summed E-state index contributed by atoms with van der Waals surface area (Å²) in [5, 5.41) is 10.3. The van der Waals surface area contributed by atoms with Gasteiger partial charge in [-0.3, -0.25) is 0 Å². The van der Waals surface area contributed by atoms with Crippen LogP contribution in [0.4, 0.5) is 0 Å². The predicted octanol–water partition coefficient (Wildman–Crippen LogP) is 1.78. The molecule has 1 saturated carbocycles. The average molecular weight is 298 g/mol. The molecule has 1 aromatic rings. The molecule has 0 amide bonds. The first-order valence-corrected chi connectivity index (χ1v) is 6.77. The quantitative estimate of drug-likeness (QED) is 0.875. The van der Waals surface area contributed by atoms with Crippen molar-refractivity contribution in [3.63, 3.8) is 0 Å². The summed E-state index contributed by atoms with van der Waals surface area (Å²) < 4.78 is 6.72. The molecule has 4 heteroatoms. The lowest BCUT2D eigenvalue weighted by molar-refractivity contribution is -0.0458. The Balaban J connectivity index is 1.88. The molecule has 3 N–H and O–H groups in total.